The van der Waals surface area contributed by atoms with Gasteiger partial charge in [0.15, 0.2) is 0 Å². The molecule has 122 valence electrons. The number of hydrogen-bond acceptors (Lipinski definition) is 4. The highest BCUT2D eigenvalue weighted by Crippen LogP contribution is 2.25. The van der Waals surface area contributed by atoms with Crippen LogP contribution in [0.25, 0.3) is 0 Å². The van der Waals surface area contributed by atoms with Crippen molar-refractivity contribution in [1.29, 1.82) is 0 Å². The van der Waals surface area contributed by atoms with Crippen molar-refractivity contribution in [2.45, 2.75) is 45.8 Å². The molecule has 1 aliphatic heterocycles. The van der Waals surface area contributed by atoms with Gasteiger partial charge in [-0.2, -0.15) is 0 Å². The topological polar surface area (TPSA) is 62.4 Å². The Labute approximate surface area is 132 Å². The third-order valence-corrected chi connectivity index (χ3v) is 3.45. The first-order valence-electron chi connectivity index (χ1n) is 7.98. The number of carbonyl (C=O) groups excluding carboxylic acids is 1. The number of carbonyl (C=O) groups is 1. The maximum Gasteiger partial charge on any atom is 0.407 e. The quantitative estimate of drug-likeness (QED) is 0.732. The van der Waals surface area contributed by atoms with Crippen LogP contribution in [0.1, 0.15) is 38.3 Å². The van der Waals surface area contributed by atoms with Crippen LogP contribution in [0, 0.1) is 0 Å². The largest absolute Gasteiger partial charge is 0.444 e. The first kappa shape index (κ1) is 16.6. The Kier molecular flexibility index (Phi) is 5.66. The number of ether oxygens (including phenoxy) is 1. The zero-order valence-corrected chi connectivity index (χ0v) is 13.8. The van der Waals surface area contributed by atoms with Crippen molar-refractivity contribution in [2.75, 3.05) is 25.0 Å². The van der Waals surface area contributed by atoms with Gasteiger partial charge < -0.3 is 20.7 Å². The van der Waals surface area contributed by atoms with E-state index in [0.717, 1.165) is 19.5 Å². The smallest absolute Gasteiger partial charge is 0.407 e. The highest BCUT2D eigenvalue weighted by Gasteiger charge is 2.15. The molecule has 2 rings (SSSR count). The average Bonchev–Trinajstić information content (AvgIpc) is 2.45. The molecule has 1 aromatic rings. The van der Waals surface area contributed by atoms with Gasteiger partial charge in [-0.15, -0.1) is 0 Å². The Hall–Kier alpha value is -1.75. The van der Waals surface area contributed by atoms with E-state index in [4.69, 9.17) is 4.74 Å². The van der Waals surface area contributed by atoms with Gasteiger partial charge in [0.25, 0.3) is 0 Å². The summed E-state index contributed by atoms with van der Waals surface area (Å²) in [6.45, 7) is 8.68. The van der Waals surface area contributed by atoms with E-state index in [0.29, 0.717) is 13.1 Å². The summed E-state index contributed by atoms with van der Waals surface area (Å²) < 4.78 is 5.19. The van der Waals surface area contributed by atoms with Gasteiger partial charge in [-0.25, -0.2) is 4.79 Å². The second-order valence-corrected chi connectivity index (χ2v) is 6.59. The Bertz CT molecular complexity index is 509. The number of anilines is 1. The summed E-state index contributed by atoms with van der Waals surface area (Å²) in [5.41, 5.74) is 3.51. The molecule has 5 nitrogen and oxygen atoms in total. The lowest BCUT2D eigenvalue weighted by molar-refractivity contribution is 0.0528. The summed E-state index contributed by atoms with van der Waals surface area (Å²) in [6.07, 6.45) is 1.98. The average molecular weight is 305 g/mol. The Morgan fingerprint density at radius 3 is 2.91 bits per heavy atom. The van der Waals surface area contributed by atoms with Crippen molar-refractivity contribution in [3.8, 4) is 0 Å². The highest BCUT2D eigenvalue weighted by molar-refractivity contribution is 5.67. The first-order chi connectivity index (χ1) is 10.5. The fraction of sp³-hybridized carbons (Fsp3) is 0.588. The van der Waals surface area contributed by atoms with Gasteiger partial charge in [0.1, 0.15) is 5.60 Å². The van der Waals surface area contributed by atoms with E-state index in [2.05, 4.69) is 34.1 Å². The standard InChI is InChI=1S/C17H27N3O2/c1-17(2,3)22-16(21)20-11-10-18-12-14-7-4-6-13-8-5-9-19-15(13)14/h4,6-7,18-19H,5,8-12H2,1-3H3,(H,20,21). The summed E-state index contributed by atoms with van der Waals surface area (Å²) in [5.74, 6) is 0. The minimum Gasteiger partial charge on any atom is -0.444 e. The molecule has 1 amide bonds. The van der Waals surface area contributed by atoms with Crippen LogP contribution in [0.15, 0.2) is 18.2 Å². The van der Waals surface area contributed by atoms with Crippen LogP contribution in [0.5, 0.6) is 0 Å². The predicted molar refractivity (Wildman–Crippen MR) is 89.2 cm³/mol. The minimum atomic E-state index is -0.452. The van der Waals surface area contributed by atoms with Crippen molar-refractivity contribution < 1.29 is 9.53 Å². The molecule has 1 heterocycles. The fourth-order valence-corrected chi connectivity index (χ4v) is 2.52. The molecule has 0 saturated heterocycles. The van der Waals surface area contributed by atoms with E-state index in [9.17, 15) is 4.79 Å². The number of nitrogens with one attached hydrogen (secondary N) is 3. The molecule has 1 aromatic carbocycles. The first-order valence-corrected chi connectivity index (χ1v) is 7.98. The van der Waals surface area contributed by atoms with Gasteiger partial charge in [0, 0.05) is 31.9 Å². The molecule has 22 heavy (non-hydrogen) atoms. The van der Waals surface area contributed by atoms with Gasteiger partial charge in [0.2, 0.25) is 0 Å². The Morgan fingerprint density at radius 2 is 2.14 bits per heavy atom. The summed E-state index contributed by atoms with van der Waals surface area (Å²) in [4.78, 5) is 11.5. The highest BCUT2D eigenvalue weighted by atomic mass is 16.6. The molecule has 0 atom stereocenters. The lowest BCUT2D eigenvalue weighted by atomic mass is 9.99. The maximum absolute atomic E-state index is 11.5. The van der Waals surface area contributed by atoms with Gasteiger partial charge in [-0.1, -0.05) is 18.2 Å². The molecule has 0 spiro atoms. The molecule has 5 heteroatoms. The van der Waals surface area contributed by atoms with Crippen LogP contribution < -0.4 is 16.0 Å². The number of rotatable bonds is 5. The van der Waals surface area contributed by atoms with Crippen molar-refractivity contribution in [1.82, 2.24) is 10.6 Å². The van der Waals surface area contributed by atoms with E-state index in [-0.39, 0.29) is 6.09 Å². The van der Waals surface area contributed by atoms with Crippen LogP contribution in [0.4, 0.5) is 10.5 Å². The Morgan fingerprint density at radius 1 is 1.32 bits per heavy atom. The molecule has 0 unspecified atom stereocenters. The van der Waals surface area contributed by atoms with Crippen molar-refractivity contribution in [3.05, 3.63) is 29.3 Å². The number of alkyl carbamates (subject to hydrolysis) is 1. The molecule has 3 N–H and O–H groups in total. The van der Waals surface area contributed by atoms with Gasteiger partial charge in [-0.05, 0) is 44.7 Å². The third kappa shape index (κ3) is 5.22. The summed E-state index contributed by atoms with van der Waals surface area (Å²) >= 11 is 0. The van der Waals surface area contributed by atoms with Crippen LogP contribution >= 0.6 is 0 Å². The minimum absolute atomic E-state index is 0.368. The third-order valence-electron chi connectivity index (χ3n) is 3.45. The summed E-state index contributed by atoms with van der Waals surface area (Å²) in [7, 11) is 0. The zero-order chi connectivity index (χ0) is 16.0. The van der Waals surface area contributed by atoms with Crippen LogP contribution in [-0.2, 0) is 17.7 Å². The van der Waals surface area contributed by atoms with Crippen LogP contribution in [-0.4, -0.2) is 31.3 Å². The van der Waals surface area contributed by atoms with E-state index in [1.165, 1.54) is 23.2 Å². The van der Waals surface area contributed by atoms with E-state index in [1.807, 2.05) is 20.8 Å². The van der Waals surface area contributed by atoms with Crippen molar-refractivity contribution in [3.63, 3.8) is 0 Å². The molecule has 0 aromatic heterocycles. The van der Waals surface area contributed by atoms with E-state index < -0.39 is 5.60 Å². The second-order valence-electron chi connectivity index (χ2n) is 6.59. The molecular formula is C17H27N3O2. The van der Waals surface area contributed by atoms with Gasteiger partial charge in [0.05, 0.1) is 0 Å². The maximum atomic E-state index is 11.5. The van der Waals surface area contributed by atoms with E-state index >= 15 is 0 Å². The SMILES string of the molecule is CC(C)(C)OC(=O)NCCNCc1cccc2c1NCCC2. The Balaban J connectivity index is 1.70. The zero-order valence-electron chi connectivity index (χ0n) is 13.8. The van der Waals surface area contributed by atoms with Crippen molar-refractivity contribution in [2.24, 2.45) is 0 Å². The number of amides is 1. The number of hydrogen-bond donors (Lipinski definition) is 3. The molecule has 0 radical (unpaired) electrons. The van der Waals surface area contributed by atoms with Gasteiger partial charge in [-0.3, -0.25) is 0 Å². The monoisotopic (exact) mass is 305 g/mol. The lowest BCUT2D eigenvalue weighted by Crippen LogP contribution is -2.36. The summed E-state index contributed by atoms with van der Waals surface area (Å²) in [5, 5.41) is 9.59. The van der Waals surface area contributed by atoms with E-state index in [1.54, 1.807) is 0 Å². The number of fused-ring (bicyclic) bond motifs is 1. The normalized spacial score (nSPS) is 14.0. The number of benzene rings is 1. The fourth-order valence-electron chi connectivity index (χ4n) is 2.52. The summed E-state index contributed by atoms with van der Waals surface area (Å²) in [6, 6.07) is 6.45. The van der Waals surface area contributed by atoms with Crippen LogP contribution in [0.2, 0.25) is 0 Å². The molecule has 1 aliphatic rings. The van der Waals surface area contributed by atoms with Crippen molar-refractivity contribution >= 4 is 11.8 Å². The molecular weight excluding hydrogens is 278 g/mol. The predicted octanol–water partition coefficient (Wildman–Crippen LogP) is 2.66. The molecule has 0 aliphatic carbocycles. The van der Waals surface area contributed by atoms with Crippen LogP contribution in [0.3, 0.4) is 0 Å². The molecule has 0 saturated carbocycles. The second kappa shape index (κ2) is 7.49. The van der Waals surface area contributed by atoms with Gasteiger partial charge >= 0.3 is 6.09 Å². The number of aryl methyl sites for hydroxylation is 1. The number of para-hydroxylation sites is 1. The molecule has 0 bridgehead atoms. The molecule has 0 fully saturated rings. The lowest BCUT2D eigenvalue weighted by Gasteiger charge is -2.21.